The van der Waals surface area contributed by atoms with E-state index in [4.69, 9.17) is 14.0 Å². The maximum Gasteiger partial charge on any atom is 0.438 e. The van der Waals surface area contributed by atoms with Gasteiger partial charge in [-0.2, -0.15) is 0 Å². The molecule has 0 amide bonds. The average molecular weight is 440 g/mol. The third-order valence-corrected chi connectivity index (χ3v) is 7.06. The first-order valence-corrected chi connectivity index (χ1v) is 11.3. The fourth-order valence-corrected chi connectivity index (χ4v) is 5.40. The molecule has 3 aromatic heterocycles. The van der Waals surface area contributed by atoms with Gasteiger partial charge >= 0.3 is 11.7 Å². The summed E-state index contributed by atoms with van der Waals surface area (Å²) in [6.45, 7) is 9.16. The molecule has 1 saturated carbocycles. The highest BCUT2D eigenvalue weighted by Crippen LogP contribution is 2.58. The molecule has 5 rings (SSSR count). The molecule has 0 bridgehead atoms. The number of ether oxygens (including phenoxy) is 2. The van der Waals surface area contributed by atoms with Crippen LogP contribution in [0.5, 0.6) is 0 Å². The number of carbonyl (C=O) groups excluding carboxylic acids is 1. The lowest BCUT2D eigenvalue weighted by Crippen LogP contribution is -2.33. The van der Waals surface area contributed by atoms with Gasteiger partial charge in [0.05, 0.1) is 28.9 Å². The molecule has 32 heavy (non-hydrogen) atoms. The summed E-state index contributed by atoms with van der Waals surface area (Å²) in [5, 5.41) is 3.99. The topological polar surface area (TPSA) is 98.8 Å². The number of hydrogen-bond acceptors (Lipinski definition) is 6. The fourth-order valence-electron chi connectivity index (χ4n) is 5.40. The van der Waals surface area contributed by atoms with Crippen LogP contribution >= 0.6 is 0 Å². The first-order chi connectivity index (χ1) is 15.2. The van der Waals surface area contributed by atoms with Gasteiger partial charge in [0.25, 0.3) is 0 Å². The number of nitrogens with zero attached hydrogens (tertiary/aromatic N) is 2. The molecule has 8 nitrogen and oxygen atoms in total. The molecule has 1 N–H and O–H groups in total. The number of H-pyrrole nitrogens is 1. The van der Waals surface area contributed by atoms with E-state index in [0.29, 0.717) is 17.3 Å². The number of aromatic amines is 1. The molecule has 3 aromatic rings. The summed E-state index contributed by atoms with van der Waals surface area (Å²) < 4.78 is 18.1. The second kappa shape index (κ2) is 7.33. The van der Waals surface area contributed by atoms with E-state index in [9.17, 15) is 9.59 Å². The zero-order chi connectivity index (χ0) is 22.7. The molecule has 8 heteroatoms. The number of esters is 1. The Morgan fingerprint density at radius 2 is 2.12 bits per heavy atom. The molecule has 4 heterocycles. The molecular weight excluding hydrogens is 410 g/mol. The molecule has 1 unspecified atom stereocenters. The normalized spacial score (nSPS) is 26.9. The van der Waals surface area contributed by atoms with E-state index >= 15 is 0 Å². The van der Waals surface area contributed by atoms with Crippen molar-refractivity contribution in [3.8, 4) is 0 Å². The fraction of sp³-hybridized carbons (Fsp3) is 0.542. The van der Waals surface area contributed by atoms with E-state index in [2.05, 4.69) is 43.0 Å². The van der Waals surface area contributed by atoms with Crippen LogP contribution in [-0.4, -0.2) is 39.3 Å². The largest absolute Gasteiger partial charge is 0.462 e. The number of hydrogen-bond donors (Lipinski definition) is 1. The monoisotopic (exact) mass is 439 g/mol. The predicted molar refractivity (Wildman–Crippen MR) is 117 cm³/mol. The molecule has 0 spiro atoms. The Labute approximate surface area is 185 Å². The van der Waals surface area contributed by atoms with Crippen LogP contribution in [0.3, 0.4) is 0 Å². The van der Waals surface area contributed by atoms with E-state index in [1.807, 2.05) is 16.7 Å². The Morgan fingerprint density at radius 1 is 1.34 bits per heavy atom. The van der Waals surface area contributed by atoms with E-state index in [1.54, 1.807) is 6.92 Å². The van der Waals surface area contributed by atoms with Crippen molar-refractivity contribution in [1.82, 2.24) is 14.5 Å². The third-order valence-electron chi connectivity index (χ3n) is 7.06. The Kier molecular flexibility index (Phi) is 4.81. The molecule has 0 aromatic carbocycles. The SMILES string of the molecule is CCOC(=O)c1cc2cc(C3CCOC(C)(C)C3)ccn2c1[C@@]1(c2noc(=O)[nH]2)C[C@@H]1C. The number of aromatic nitrogens is 3. The molecule has 0 radical (unpaired) electrons. The summed E-state index contributed by atoms with van der Waals surface area (Å²) in [5.41, 5.74) is 2.72. The molecule has 170 valence electrons. The van der Waals surface area contributed by atoms with Gasteiger partial charge in [0, 0.05) is 18.3 Å². The summed E-state index contributed by atoms with van der Waals surface area (Å²) in [4.78, 5) is 27.4. The molecule has 1 saturated heterocycles. The molecule has 2 aliphatic rings. The predicted octanol–water partition coefficient (Wildman–Crippen LogP) is 3.79. The van der Waals surface area contributed by atoms with Crippen LogP contribution in [0.25, 0.3) is 5.52 Å². The summed E-state index contributed by atoms with van der Waals surface area (Å²) in [6, 6.07) is 6.18. The van der Waals surface area contributed by atoms with Crippen LogP contribution in [0.2, 0.25) is 0 Å². The zero-order valence-electron chi connectivity index (χ0n) is 18.9. The highest BCUT2D eigenvalue weighted by molar-refractivity contribution is 5.94. The van der Waals surface area contributed by atoms with E-state index in [1.165, 1.54) is 5.56 Å². The van der Waals surface area contributed by atoms with Crippen LogP contribution in [0.4, 0.5) is 0 Å². The highest BCUT2D eigenvalue weighted by atomic mass is 16.5. The van der Waals surface area contributed by atoms with Crippen molar-refractivity contribution in [2.75, 3.05) is 13.2 Å². The van der Waals surface area contributed by atoms with Crippen molar-refractivity contribution in [1.29, 1.82) is 0 Å². The van der Waals surface area contributed by atoms with Crippen molar-refractivity contribution < 1.29 is 18.8 Å². The average Bonchev–Trinajstić information content (AvgIpc) is 3.08. The van der Waals surface area contributed by atoms with Gasteiger partial charge in [0.1, 0.15) is 0 Å². The second-order valence-corrected chi connectivity index (χ2v) is 9.70. The van der Waals surface area contributed by atoms with Gasteiger partial charge in [-0.25, -0.2) is 9.59 Å². The van der Waals surface area contributed by atoms with Crippen molar-refractivity contribution >= 4 is 11.5 Å². The maximum absolute atomic E-state index is 13.0. The molecule has 1 aliphatic heterocycles. The van der Waals surface area contributed by atoms with Gasteiger partial charge in [-0.15, -0.1) is 0 Å². The van der Waals surface area contributed by atoms with Crippen LogP contribution in [0.15, 0.2) is 33.7 Å². The highest BCUT2D eigenvalue weighted by Gasteiger charge is 2.60. The number of nitrogens with one attached hydrogen (secondary N) is 1. The minimum absolute atomic E-state index is 0.148. The summed E-state index contributed by atoms with van der Waals surface area (Å²) in [7, 11) is 0. The van der Waals surface area contributed by atoms with E-state index in [-0.39, 0.29) is 24.1 Å². The standard InChI is InChI=1S/C24H29N3O5/c1-5-30-20(28)18-11-17-10-15(16-7-9-31-23(3,4)13-16)6-8-27(17)19(18)24(12-14(24)2)21-25-22(29)32-26-21/h6,8,10-11,14,16H,5,7,9,12-13H2,1-4H3,(H,25,26,29)/t14-,16?,24+/m0/s1. The molecule has 2 fully saturated rings. The maximum atomic E-state index is 13.0. The van der Waals surface area contributed by atoms with Gasteiger partial charge < -0.3 is 13.9 Å². The summed E-state index contributed by atoms with van der Waals surface area (Å²) >= 11 is 0. The van der Waals surface area contributed by atoms with Crippen molar-refractivity contribution in [3.05, 3.63) is 57.6 Å². The van der Waals surface area contributed by atoms with Gasteiger partial charge in [-0.3, -0.25) is 9.51 Å². The quantitative estimate of drug-likeness (QED) is 0.607. The van der Waals surface area contributed by atoms with E-state index < -0.39 is 11.2 Å². The van der Waals surface area contributed by atoms with Crippen LogP contribution in [0.1, 0.15) is 80.3 Å². The van der Waals surface area contributed by atoms with Crippen molar-refractivity contribution in [3.63, 3.8) is 0 Å². The van der Waals surface area contributed by atoms with Gasteiger partial charge in [-0.1, -0.05) is 12.1 Å². The lowest BCUT2D eigenvalue weighted by atomic mass is 9.84. The lowest BCUT2D eigenvalue weighted by molar-refractivity contribution is -0.0593. The van der Waals surface area contributed by atoms with Crippen LogP contribution in [-0.2, 0) is 14.9 Å². The smallest absolute Gasteiger partial charge is 0.438 e. The van der Waals surface area contributed by atoms with Crippen molar-refractivity contribution in [2.45, 2.75) is 63.9 Å². The Hall–Kier alpha value is -2.87. The minimum atomic E-state index is -0.596. The number of rotatable bonds is 5. The Bertz CT molecular complexity index is 1240. The number of carbonyl (C=O) groups is 1. The molecular formula is C24H29N3O5. The lowest BCUT2D eigenvalue weighted by Gasteiger charge is -2.35. The van der Waals surface area contributed by atoms with Crippen molar-refractivity contribution in [2.24, 2.45) is 5.92 Å². The van der Waals surface area contributed by atoms with E-state index in [0.717, 1.165) is 37.1 Å². The van der Waals surface area contributed by atoms with Gasteiger partial charge in [0.2, 0.25) is 0 Å². The third kappa shape index (κ3) is 3.28. The van der Waals surface area contributed by atoms with Crippen LogP contribution < -0.4 is 5.76 Å². The molecule has 3 atom stereocenters. The van der Waals surface area contributed by atoms with Gasteiger partial charge in [-0.05, 0) is 75.6 Å². The molecule has 1 aliphatic carbocycles. The Balaban J connectivity index is 1.65. The number of pyridine rings is 1. The number of fused-ring (bicyclic) bond motifs is 1. The van der Waals surface area contributed by atoms with Gasteiger partial charge in [0.15, 0.2) is 5.82 Å². The first-order valence-electron chi connectivity index (χ1n) is 11.3. The zero-order valence-corrected chi connectivity index (χ0v) is 18.9. The first kappa shape index (κ1) is 21.0. The van der Waals surface area contributed by atoms with Crippen LogP contribution in [0, 0.1) is 5.92 Å². The minimum Gasteiger partial charge on any atom is -0.462 e. The summed E-state index contributed by atoms with van der Waals surface area (Å²) in [6.07, 6.45) is 4.70. The summed E-state index contributed by atoms with van der Waals surface area (Å²) in [5.74, 6) is 0.0702. The second-order valence-electron chi connectivity index (χ2n) is 9.70. The Morgan fingerprint density at radius 3 is 2.75 bits per heavy atom.